The lowest BCUT2D eigenvalue weighted by Gasteiger charge is -2.33. The van der Waals surface area contributed by atoms with Crippen molar-refractivity contribution in [3.05, 3.63) is 35.9 Å². The third-order valence-corrected chi connectivity index (χ3v) is 6.82. The SMILES string of the molecule is CN1C[C@H]2CN(C3CCSCC3)C[C@H]2[C@@H]1c1ccccc1.Cl.Cl. The minimum absolute atomic E-state index is 0. The van der Waals surface area contributed by atoms with Crippen LogP contribution in [0.15, 0.2) is 30.3 Å². The zero-order valence-corrected chi connectivity index (χ0v) is 16.2. The quantitative estimate of drug-likeness (QED) is 0.773. The molecule has 0 aliphatic carbocycles. The summed E-state index contributed by atoms with van der Waals surface area (Å²) in [7, 11) is 2.32. The smallest absolute Gasteiger partial charge is 0.0389 e. The standard InChI is InChI=1S/C18H26N2S.2ClH/c1-19-11-15-12-20(16-7-9-21-10-8-16)13-17(15)18(19)14-5-3-2-4-6-14;;/h2-6,15-18H,7-13H2,1H3;2*1H/t15-,17+,18-;;/m0../s1. The van der Waals surface area contributed by atoms with Gasteiger partial charge in [0.15, 0.2) is 0 Å². The second kappa shape index (κ2) is 8.44. The molecule has 4 rings (SSSR count). The predicted molar refractivity (Wildman–Crippen MR) is 105 cm³/mol. The molecule has 1 aromatic carbocycles. The van der Waals surface area contributed by atoms with E-state index in [0.717, 1.165) is 17.9 Å². The molecule has 3 heterocycles. The molecule has 3 aliphatic heterocycles. The summed E-state index contributed by atoms with van der Waals surface area (Å²) in [5, 5.41) is 0. The first-order valence-corrected chi connectivity index (χ1v) is 9.55. The van der Waals surface area contributed by atoms with Crippen molar-refractivity contribution in [2.75, 3.05) is 38.2 Å². The summed E-state index contributed by atoms with van der Waals surface area (Å²) >= 11 is 2.14. The van der Waals surface area contributed by atoms with E-state index in [-0.39, 0.29) is 24.8 Å². The molecule has 5 heteroatoms. The van der Waals surface area contributed by atoms with Gasteiger partial charge in [0.05, 0.1) is 0 Å². The van der Waals surface area contributed by atoms with Gasteiger partial charge in [-0.3, -0.25) is 9.80 Å². The monoisotopic (exact) mass is 374 g/mol. The molecule has 0 aromatic heterocycles. The van der Waals surface area contributed by atoms with Gasteiger partial charge < -0.3 is 0 Å². The van der Waals surface area contributed by atoms with E-state index >= 15 is 0 Å². The van der Waals surface area contributed by atoms with Crippen molar-refractivity contribution >= 4 is 36.6 Å². The highest BCUT2D eigenvalue weighted by molar-refractivity contribution is 7.99. The summed E-state index contributed by atoms with van der Waals surface area (Å²) in [5.74, 6) is 4.47. The van der Waals surface area contributed by atoms with E-state index in [1.807, 2.05) is 0 Å². The highest BCUT2D eigenvalue weighted by atomic mass is 35.5. The minimum Gasteiger partial charge on any atom is -0.300 e. The first-order valence-electron chi connectivity index (χ1n) is 8.40. The van der Waals surface area contributed by atoms with Crippen LogP contribution in [0.4, 0.5) is 0 Å². The Morgan fingerprint density at radius 2 is 1.65 bits per heavy atom. The first kappa shape index (κ1) is 19.4. The van der Waals surface area contributed by atoms with Crippen molar-refractivity contribution in [3.63, 3.8) is 0 Å². The Morgan fingerprint density at radius 3 is 2.35 bits per heavy atom. The van der Waals surface area contributed by atoms with Gasteiger partial charge in [-0.15, -0.1) is 24.8 Å². The Labute approximate surface area is 157 Å². The van der Waals surface area contributed by atoms with Gasteiger partial charge >= 0.3 is 0 Å². The van der Waals surface area contributed by atoms with Gasteiger partial charge in [0.25, 0.3) is 0 Å². The van der Waals surface area contributed by atoms with Crippen LogP contribution in [0.1, 0.15) is 24.4 Å². The van der Waals surface area contributed by atoms with E-state index in [1.54, 1.807) is 0 Å². The van der Waals surface area contributed by atoms with Gasteiger partial charge in [-0.2, -0.15) is 11.8 Å². The Bertz CT molecular complexity index is 481. The fourth-order valence-electron chi connectivity index (χ4n) is 4.79. The predicted octanol–water partition coefficient (Wildman–Crippen LogP) is 3.96. The van der Waals surface area contributed by atoms with Gasteiger partial charge in [-0.25, -0.2) is 0 Å². The van der Waals surface area contributed by atoms with Crippen molar-refractivity contribution < 1.29 is 0 Å². The average Bonchev–Trinajstić information content (AvgIpc) is 3.05. The van der Waals surface area contributed by atoms with Crippen LogP contribution in [0.2, 0.25) is 0 Å². The normalized spacial score (nSPS) is 32.1. The topological polar surface area (TPSA) is 6.48 Å². The highest BCUT2D eigenvalue weighted by Crippen LogP contribution is 2.45. The second-order valence-electron chi connectivity index (χ2n) is 7.02. The fraction of sp³-hybridized carbons (Fsp3) is 0.667. The lowest BCUT2D eigenvalue weighted by molar-refractivity contribution is 0.180. The number of halogens is 2. The number of thioether (sulfide) groups is 1. The van der Waals surface area contributed by atoms with Crippen molar-refractivity contribution in [2.24, 2.45) is 11.8 Å². The molecule has 130 valence electrons. The van der Waals surface area contributed by atoms with Crippen molar-refractivity contribution in [3.8, 4) is 0 Å². The van der Waals surface area contributed by atoms with E-state index in [9.17, 15) is 0 Å². The maximum Gasteiger partial charge on any atom is 0.0389 e. The molecular weight excluding hydrogens is 347 g/mol. The number of nitrogens with zero attached hydrogens (tertiary/aromatic N) is 2. The Hall–Kier alpha value is 0.0700. The molecule has 0 bridgehead atoms. The number of hydrogen-bond acceptors (Lipinski definition) is 3. The van der Waals surface area contributed by atoms with Gasteiger partial charge in [0, 0.05) is 31.7 Å². The first-order chi connectivity index (χ1) is 10.3. The van der Waals surface area contributed by atoms with E-state index < -0.39 is 0 Å². The Balaban J connectivity index is 0.000000960. The van der Waals surface area contributed by atoms with Crippen LogP contribution in [0.3, 0.4) is 0 Å². The summed E-state index contributed by atoms with van der Waals surface area (Å²) in [5.41, 5.74) is 1.52. The molecule has 3 saturated heterocycles. The van der Waals surface area contributed by atoms with Gasteiger partial charge in [-0.05, 0) is 48.8 Å². The zero-order chi connectivity index (χ0) is 14.2. The Kier molecular flexibility index (Phi) is 7.12. The van der Waals surface area contributed by atoms with Crippen LogP contribution in [0.5, 0.6) is 0 Å². The third-order valence-electron chi connectivity index (χ3n) is 5.77. The molecule has 2 nitrogen and oxygen atoms in total. The van der Waals surface area contributed by atoms with Gasteiger partial charge in [0.1, 0.15) is 0 Å². The zero-order valence-electron chi connectivity index (χ0n) is 13.8. The maximum absolute atomic E-state index is 2.83. The fourth-order valence-corrected chi connectivity index (χ4v) is 5.87. The molecule has 0 N–H and O–H groups in total. The number of benzene rings is 1. The number of likely N-dealkylation sites (tertiary alicyclic amines) is 2. The van der Waals surface area contributed by atoms with E-state index in [0.29, 0.717) is 6.04 Å². The van der Waals surface area contributed by atoms with Crippen LogP contribution < -0.4 is 0 Å². The molecule has 0 unspecified atom stereocenters. The summed E-state index contributed by atoms with van der Waals surface area (Å²) in [6.45, 7) is 3.94. The molecule has 1 aromatic rings. The van der Waals surface area contributed by atoms with Crippen LogP contribution in [-0.2, 0) is 0 Å². The van der Waals surface area contributed by atoms with Gasteiger partial charge in [0.2, 0.25) is 0 Å². The van der Waals surface area contributed by atoms with Gasteiger partial charge in [-0.1, -0.05) is 30.3 Å². The maximum atomic E-state index is 2.83. The van der Waals surface area contributed by atoms with Crippen molar-refractivity contribution in [1.82, 2.24) is 9.80 Å². The lowest BCUT2D eigenvalue weighted by Crippen LogP contribution is -2.38. The van der Waals surface area contributed by atoms with E-state index in [2.05, 4.69) is 58.9 Å². The molecular formula is C18H28Cl2N2S. The summed E-state index contributed by atoms with van der Waals surface area (Å²) in [4.78, 5) is 5.43. The summed E-state index contributed by atoms with van der Waals surface area (Å²) < 4.78 is 0. The van der Waals surface area contributed by atoms with Crippen molar-refractivity contribution in [2.45, 2.75) is 24.9 Å². The molecule has 0 amide bonds. The van der Waals surface area contributed by atoms with Crippen molar-refractivity contribution in [1.29, 1.82) is 0 Å². The minimum atomic E-state index is 0. The average molecular weight is 375 g/mol. The Morgan fingerprint density at radius 1 is 0.957 bits per heavy atom. The highest BCUT2D eigenvalue weighted by Gasteiger charge is 2.47. The molecule has 3 fully saturated rings. The lowest BCUT2D eigenvalue weighted by atomic mass is 9.90. The molecule has 3 atom stereocenters. The van der Waals surface area contributed by atoms with E-state index in [1.165, 1.54) is 49.5 Å². The second-order valence-corrected chi connectivity index (χ2v) is 8.24. The number of fused-ring (bicyclic) bond motifs is 1. The van der Waals surface area contributed by atoms with Crippen LogP contribution in [0.25, 0.3) is 0 Å². The molecule has 3 aliphatic rings. The largest absolute Gasteiger partial charge is 0.300 e. The third kappa shape index (κ3) is 3.85. The van der Waals surface area contributed by atoms with Crippen LogP contribution in [-0.4, -0.2) is 54.0 Å². The van der Waals surface area contributed by atoms with Crippen LogP contribution in [0, 0.1) is 11.8 Å². The summed E-state index contributed by atoms with van der Waals surface area (Å²) in [6, 6.07) is 12.7. The molecule has 23 heavy (non-hydrogen) atoms. The summed E-state index contributed by atoms with van der Waals surface area (Å²) in [6.07, 6.45) is 2.83. The number of hydrogen-bond donors (Lipinski definition) is 0. The van der Waals surface area contributed by atoms with Crippen LogP contribution >= 0.6 is 36.6 Å². The number of rotatable bonds is 2. The molecule has 0 saturated carbocycles. The molecule has 0 spiro atoms. The molecule has 0 radical (unpaired) electrons. The van der Waals surface area contributed by atoms with E-state index in [4.69, 9.17) is 0 Å².